The molecule has 752 valence electrons. The third kappa shape index (κ3) is 162. The molecule has 1 rings (SSSR count). The number of rotatable bonds is 32. The van der Waals surface area contributed by atoms with Crippen LogP contribution >= 0.6 is 58.0 Å². The van der Waals surface area contributed by atoms with Crippen molar-refractivity contribution < 1.29 is 194 Å². The van der Waals surface area contributed by atoms with Crippen LogP contribution in [0.3, 0.4) is 0 Å². The minimum absolute atomic E-state index is 0.0208. The molecule has 0 aliphatic heterocycles. The summed E-state index contributed by atoms with van der Waals surface area (Å²) >= 11 is 26.4. The van der Waals surface area contributed by atoms with E-state index < -0.39 is 147 Å². The summed E-state index contributed by atoms with van der Waals surface area (Å²) in [6.07, 6.45) is -1.95. The zero-order chi connectivity index (χ0) is 101. The van der Waals surface area contributed by atoms with Gasteiger partial charge < -0.3 is 133 Å². The van der Waals surface area contributed by atoms with Crippen LogP contribution in [-0.2, 0) is 0 Å². The first-order valence-electron chi connectivity index (χ1n) is 37.5. The van der Waals surface area contributed by atoms with Crippen molar-refractivity contribution in [3.8, 4) is 6.07 Å². The highest BCUT2D eigenvalue weighted by Gasteiger charge is 2.41. The van der Waals surface area contributed by atoms with E-state index in [2.05, 4.69) is 11.8 Å². The molecular formula is C74H157Cl5F14N2O26. The Morgan fingerprint density at radius 2 is 0.818 bits per heavy atom. The van der Waals surface area contributed by atoms with Gasteiger partial charge in [-0.25, -0.2) is 46.1 Å². The van der Waals surface area contributed by atoms with E-state index in [1.165, 1.54) is 20.8 Å². The van der Waals surface area contributed by atoms with E-state index >= 15 is 0 Å². The van der Waals surface area contributed by atoms with Crippen molar-refractivity contribution in [1.29, 1.82) is 5.26 Å². The van der Waals surface area contributed by atoms with E-state index in [9.17, 15) is 61.5 Å². The second-order valence-electron chi connectivity index (χ2n) is 28.3. The summed E-state index contributed by atoms with van der Waals surface area (Å²) in [7, 11) is 0. The van der Waals surface area contributed by atoms with E-state index in [1.54, 1.807) is 33.8 Å². The van der Waals surface area contributed by atoms with Gasteiger partial charge in [0.2, 0.25) is 17.3 Å². The number of aliphatic hydroxyl groups is 26. The minimum atomic E-state index is -4.23. The predicted molar refractivity (Wildman–Crippen MR) is 442 cm³/mol. The van der Waals surface area contributed by atoms with Crippen molar-refractivity contribution >= 4 is 58.0 Å². The molecular weight excluding hydrogens is 1780 g/mol. The summed E-state index contributed by atoms with van der Waals surface area (Å²) in [5.41, 5.74) is -2.07. The van der Waals surface area contributed by atoms with Gasteiger partial charge in [-0.3, -0.25) is 9.24 Å². The first kappa shape index (κ1) is 160. The van der Waals surface area contributed by atoms with Crippen LogP contribution in [0.4, 0.5) is 61.5 Å². The average Bonchev–Trinajstić information content (AvgIpc) is 1.68. The first-order chi connectivity index (χ1) is 54.8. The molecule has 28 nitrogen and oxygen atoms in total. The summed E-state index contributed by atoms with van der Waals surface area (Å²) in [5.74, 6) is -12.0. The Balaban J connectivity index is -0.0000000632. The second kappa shape index (κ2) is 99.0. The lowest BCUT2D eigenvalue weighted by Gasteiger charge is -2.16. The largest absolute Gasteiger partial charge is 0.396 e. The molecule has 8 atom stereocenters. The first-order valence-corrected chi connectivity index (χ1v) is 39.4. The number of halogens is 19. The van der Waals surface area contributed by atoms with E-state index in [0.717, 1.165) is 46.0 Å². The summed E-state index contributed by atoms with van der Waals surface area (Å²) < 4.78 is 161. The highest BCUT2D eigenvalue weighted by atomic mass is 35.5. The van der Waals surface area contributed by atoms with Crippen molar-refractivity contribution in [2.45, 2.75) is 256 Å². The van der Waals surface area contributed by atoms with E-state index in [4.69, 9.17) is 203 Å². The Labute approximate surface area is 733 Å². The van der Waals surface area contributed by atoms with E-state index in [0.29, 0.717) is 32.3 Å². The van der Waals surface area contributed by atoms with Crippen LogP contribution in [0.2, 0.25) is 0 Å². The molecule has 0 spiro atoms. The fraction of sp³-hybridized carbons (Fsp3) is 0.973. The lowest BCUT2D eigenvalue weighted by molar-refractivity contribution is -0.184. The fourth-order valence-corrected chi connectivity index (χ4v) is 2.47. The summed E-state index contributed by atoms with van der Waals surface area (Å²) in [6, 6.07) is 1.70. The Bertz CT molecular complexity index is 1820. The number of nitriles is 1. The van der Waals surface area contributed by atoms with Crippen LogP contribution < -0.4 is 0 Å². The molecule has 0 aromatic rings. The number of hydrogen-bond acceptors (Lipinski definition) is 27. The Kier molecular flexibility index (Phi) is 131. The molecule has 0 radical (unpaired) electrons. The summed E-state index contributed by atoms with van der Waals surface area (Å²) in [4.78, 5) is 1.76. The maximum atomic E-state index is 12.4. The molecule has 26 N–H and O–H groups in total. The van der Waals surface area contributed by atoms with Crippen molar-refractivity contribution in [3.63, 3.8) is 0 Å². The van der Waals surface area contributed by atoms with Crippen LogP contribution in [-0.4, -0.2) is 366 Å². The quantitative estimate of drug-likeness (QED) is 0.0132. The topological polar surface area (TPSA) is 554 Å². The Hall–Kier alpha value is -1.59. The number of nitrogens with zero attached hydrogens (tertiary/aromatic N) is 2. The highest BCUT2D eigenvalue weighted by Crippen LogP contribution is 2.44. The van der Waals surface area contributed by atoms with E-state index in [-0.39, 0.29) is 133 Å². The molecule has 1 aliphatic carbocycles. The molecule has 1 aliphatic rings. The van der Waals surface area contributed by atoms with Gasteiger partial charge >= 0.3 is 12.0 Å². The molecule has 0 bridgehead atoms. The van der Waals surface area contributed by atoms with Gasteiger partial charge in [0.05, 0.1) is 154 Å². The monoisotopic (exact) mass is 1930 g/mol. The molecule has 1 fully saturated rings. The maximum Gasteiger partial charge on any atom is 0.393 e. The van der Waals surface area contributed by atoms with Crippen LogP contribution in [0.15, 0.2) is 0 Å². The molecule has 121 heavy (non-hydrogen) atoms. The standard InChI is InChI=1S/C5H9F3O.C5H8FNO.C5H11FO.C5H10O2.C5H12O2.2C5H12O.C4H8Cl2O.C4H9ClO2.C4H9ClO.C4H8F2O.C4H9FO2.C4H9FO.C4H7NO2.C3H6ClFO2.C3H6F2O.C3H7FO2.C2H5FO2/c1-2-4(3-9)5(6,7)8;1-3-5(6,4-8)7-2;1-2-5(3-6)4-7;6-3-5(4-7)1-2-5;1-5(2,3-6)4-7;1-5(2,3)4-6;1-3-5(2)4-6;1-2-4(5,6)3-7;1-4(5,2-6)3-7;1-2-4(5)3-6;1-2-4(5,6)3-7;1-4(5,2-6)3-7;1-2-4(5)3-6;5-1-4(2-6)3-7;4-3(5,1-6)2-7;1-3(4,5)2-6;1-3(4,6)2-5;3-2(5)1-4/h4,9H,2-3H2,1H3;8H,3-4H2,1H3;5,7H,2-4H2,1H3;6-7H,1-4H2;6-7H,3-4H2,1-2H3;6H,4H2,1-3H3;5-6H,3-4H2,1-2H3;7H,2-3H2,1H3;6-7H,2-3H2,1H3;4,6H,2-3H2,1H3;7H,2-3H2,1H3;6-7H,2-3H2,1H3;4,6H,2-3H2,1H3;4,6-7H,2-3H2;6-7H,1-2H2;6H,2H2,1H3;5-6H,2H2,1H3;2,4-5H,1H2. The summed E-state index contributed by atoms with van der Waals surface area (Å²) in [6.45, 7) is 26.8. The van der Waals surface area contributed by atoms with Gasteiger partial charge in [0.15, 0.2) is 12.3 Å². The van der Waals surface area contributed by atoms with Crippen molar-refractivity contribution in [3.05, 3.63) is 11.4 Å². The predicted octanol–water partition coefficient (Wildman–Crippen LogP) is 7.83. The van der Waals surface area contributed by atoms with Crippen LogP contribution in [0, 0.1) is 57.8 Å². The SMILES string of the molecule is CC(C)(C)CO.CC(C)(CO)CO.CC(Cl)(CO)CO.CC(F)(CO)CO.CC(F)(F)CO.CC(O)(F)CO.CCC(C)CO.CCC(CO)C(F)(F)F.CCC(CO)CF.CCC(Cl)(Cl)CO.CCC(Cl)CO.CCC(F)(F)CO.CCC(F)CO.N#CC(CO)CO.OCC(F)(Cl)CO.OCC(O)F.OCC1(CO)CC1.[C-]#[N+]C(F)(CC)CO. The number of hydrogen-bond donors (Lipinski definition) is 26. The molecule has 0 amide bonds. The lowest BCUT2D eigenvalue weighted by atomic mass is 9.97. The summed E-state index contributed by atoms with van der Waals surface area (Å²) in [5, 5.41) is 216. The molecule has 0 aromatic carbocycles. The fourth-order valence-electron chi connectivity index (χ4n) is 2.47. The van der Waals surface area contributed by atoms with Gasteiger partial charge in [0.1, 0.15) is 30.3 Å². The Morgan fingerprint density at radius 3 is 0.818 bits per heavy atom. The van der Waals surface area contributed by atoms with Crippen molar-refractivity contribution in [2.24, 2.45) is 39.9 Å². The van der Waals surface area contributed by atoms with Gasteiger partial charge in [-0.15, -0.1) is 23.2 Å². The third-order valence-electron chi connectivity index (χ3n) is 13.1. The van der Waals surface area contributed by atoms with Crippen LogP contribution in [0.25, 0.3) is 4.85 Å². The second-order valence-corrected chi connectivity index (χ2v) is 32.1. The maximum absolute atomic E-state index is 12.4. The molecule has 8 unspecified atom stereocenters. The van der Waals surface area contributed by atoms with Crippen molar-refractivity contribution in [1.82, 2.24) is 0 Å². The Morgan fingerprint density at radius 1 is 0.446 bits per heavy atom. The molecule has 1 saturated carbocycles. The molecule has 0 saturated heterocycles. The van der Waals surface area contributed by atoms with Gasteiger partial charge in [0, 0.05) is 49.9 Å². The van der Waals surface area contributed by atoms with Gasteiger partial charge in [0.25, 0.3) is 11.8 Å². The molecule has 0 heterocycles. The van der Waals surface area contributed by atoms with Gasteiger partial charge in [-0.2, -0.15) is 22.8 Å². The van der Waals surface area contributed by atoms with Gasteiger partial charge in [-0.05, 0) is 77.0 Å². The van der Waals surface area contributed by atoms with E-state index in [1.807, 2.05) is 48.5 Å². The highest BCUT2D eigenvalue weighted by molar-refractivity contribution is 6.48. The normalized spacial score (nSPS) is 14.2. The zero-order valence-electron chi connectivity index (χ0n) is 73.5. The smallest absolute Gasteiger partial charge is 0.393 e. The minimum Gasteiger partial charge on any atom is -0.396 e. The van der Waals surface area contributed by atoms with Crippen molar-refractivity contribution in [2.75, 3.05) is 165 Å². The number of alkyl halides is 19. The van der Waals surface area contributed by atoms with Crippen LogP contribution in [0.5, 0.6) is 0 Å². The number of aliphatic hydroxyl groups excluding tert-OH is 25. The molecule has 0 aromatic heterocycles. The molecule has 47 heteroatoms. The lowest BCUT2D eigenvalue weighted by Crippen LogP contribution is -2.27. The average molecular weight is 1930 g/mol. The zero-order valence-corrected chi connectivity index (χ0v) is 77.3. The van der Waals surface area contributed by atoms with Gasteiger partial charge in [-0.1, -0.05) is 138 Å². The third-order valence-corrected chi connectivity index (χ3v) is 14.8. The van der Waals surface area contributed by atoms with Crippen LogP contribution in [0.1, 0.15) is 189 Å².